The summed E-state index contributed by atoms with van der Waals surface area (Å²) in [6.07, 6.45) is 1.05. The van der Waals surface area contributed by atoms with Gasteiger partial charge >= 0.3 is 0 Å². The summed E-state index contributed by atoms with van der Waals surface area (Å²) in [5.74, 6) is 0.900. The molecule has 0 aliphatic carbocycles. The van der Waals surface area contributed by atoms with Gasteiger partial charge in [-0.2, -0.15) is 0 Å². The minimum Gasteiger partial charge on any atom is -0.491 e. The van der Waals surface area contributed by atoms with Gasteiger partial charge in [0.1, 0.15) is 12.4 Å². The van der Waals surface area contributed by atoms with Crippen molar-refractivity contribution in [1.82, 2.24) is 5.32 Å². The zero-order chi connectivity index (χ0) is 12.5. The van der Waals surface area contributed by atoms with Gasteiger partial charge in [0.15, 0.2) is 0 Å². The molecule has 1 aromatic carbocycles. The van der Waals surface area contributed by atoms with Gasteiger partial charge < -0.3 is 14.8 Å². The lowest BCUT2D eigenvalue weighted by Crippen LogP contribution is -2.12. The Hall–Kier alpha value is -1.06. The summed E-state index contributed by atoms with van der Waals surface area (Å²) in [6.45, 7) is 6.31. The SMILES string of the molecule is CCCOCCOc1ccc(C(C)NC)cc1. The Morgan fingerprint density at radius 1 is 1.12 bits per heavy atom. The van der Waals surface area contributed by atoms with Crippen LogP contribution in [0.2, 0.25) is 0 Å². The van der Waals surface area contributed by atoms with Crippen molar-refractivity contribution in [3.05, 3.63) is 29.8 Å². The molecule has 3 heteroatoms. The second-order valence-electron chi connectivity index (χ2n) is 4.04. The van der Waals surface area contributed by atoms with E-state index in [9.17, 15) is 0 Å². The largest absolute Gasteiger partial charge is 0.491 e. The zero-order valence-electron chi connectivity index (χ0n) is 11.0. The van der Waals surface area contributed by atoms with Crippen molar-refractivity contribution in [2.45, 2.75) is 26.3 Å². The maximum Gasteiger partial charge on any atom is 0.119 e. The first kappa shape index (κ1) is 14.0. The Bertz CT molecular complexity index is 298. The van der Waals surface area contributed by atoms with Crippen molar-refractivity contribution in [2.75, 3.05) is 26.9 Å². The van der Waals surface area contributed by atoms with Gasteiger partial charge in [0, 0.05) is 12.6 Å². The Morgan fingerprint density at radius 3 is 2.41 bits per heavy atom. The molecule has 0 spiro atoms. The molecule has 0 saturated carbocycles. The lowest BCUT2D eigenvalue weighted by molar-refractivity contribution is 0.101. The molecule has 1 aromatic rings. The van der Waals surface area contributed by atoms with Crippen LogP contribution in [0, 0.1) is 0 Å². The Balaban J connectivity index is 2.30. The van der Waals surface area contributed by atoms with Crippen molar-refractivity contribution >= 4 is 0 Å². The van der Waals surface area contributed by atoms with Crippen molar-refractivity contribution in [3.63, 3.8) is 0 Å². The van der Waals surface area contributed by atoms with Crippen LogP contribution in [0.5, 0.6) is 5.75 Å². The first-order valence-electron chi connectivity index (χ1n) is 6.25. The molecule has 0 heterocycles. The van der Waals surface area contributed by atoms with Crippen LogP contribution >= 0.6 is 0 Å². The summed E-state index contributed by atoms with van der Waals surface area (Å²) in [5, 5.41) is 3.21. The van der Waals surface area contributed by atoms with Gasteiger partial charge in [0.05, 0.1) is 6.61 Å². The first-order valence-corrected chi connectivity index (χ1v) is 6.25. The third-order valence-electron chi connectivity index (χ3n) is 2.66. The second-order valence-corrected chi connectivity index (χ2v) is 4.04. The quantitative estimate of drug-likeness (QED) is 0.705. The summed E-state index contributed by atoms with van der Waals surface area (Å²) >= 11 is 0. The van der Waals surface area contributed by atoms with Crippen LogP contribution in [0.1, 0.15) is 31.9 Å². The number of rotatable bonds is 8. The van der Waals surface area contributed by atoms with Gasteiger partial charge in [-0.15, -0.1) is 0 Å². The van der Waals surface area contributed by atoms with Gasteiger partial charge in [0.25, 0.3) is 0 Å². The normalized spacial score (nSPS) is 12.4. The molecule has 3 nitrogen and oxygen atoms in total. The molecule has 0 saturated heterocycles. The average molecular weight is 237 g/mol. The number of hydrogen-bond acceptors (Lipinski definition) is 3. The highest BCUT2D eigenvalue weighted by molar-refractivity contribution is 5.28. The predicted molar refractivity (Wildman–Crippen MR) is 70.5 cm³/mol. The summed E-state index contributed by atoms with van der Waals surface area (Å²) in [4.78, 5) is 0. The Kier molecular flexibility index (Phi) is 6.67. The molecule has 1 unspecified atom stereocenters. The summed E-state index contributed by atoms with van der Waals surface area (Å²) in [5.41, 5.74) is 1.27. The molecule has 0 fully saturated rings. The Morgan fingerprint density at radius 2 is 1.82 bits per heavy atom. The molecule has 96 valence electrons. The molecule has 1 N–H and O–H groups in total. The Labute approximate surface area is 104 Å². The first-order chi connectivity index (χ1) is 8.27. The molecular weight excluding hydrogens is 214 g/mol. The molecule has 1 atom stereocenters. The molecular formula is C14H23NO2. The van der Waals surface area contributed by atoms with Crippen molar-refractivity contribution in [2.24, 2.45) is 0 Å². The molecule has 0 aliphatic heterocycles. The van der Waals surface area contributed by atoms with E-state index in [4.69, 9.17) is 9.47 Å². The highest BCUT2D eigenvalue weighted by atomic mass is 16.5. The summed E-state index contributed by atoms with van der Waals surface area (Å²) < 4.78 is 10.9. The molecule has 0 radical (unpaired) electrons. The smallest absolute Gasteiger partial charge is 0.119 e. The summed E-state index contributed by atoms with van der Waals surface area (Å²) in [6, 6.07) is 8.55. The molecule has 17 heavy (non-hydrogen) atoms. The van der Waals surface area contributed by atoms with Crippen LogP contribution in [0.4, 0.5) is 0 Å². The molecule has 0 aromatic heterocycles. The van der Waals surface area contributed by atoms with Gasteiger partial charge in [0.2, 0.25) is 0 Å². The predicted octanol–water partition coefficient (Wildman–Crippen LogP) is 2.77. The molecule has 0 amide bonds. The van der Waals surface area contributed by atoms with Crippen molar-refractivity contribution in [3.8, 4) is 5.75 Å². The van der Waals surface area contributed by atoms with Gasteiger partial charge in [-0.25, -0.2) is 0 Å². The maximum atomic E-state index is 5.58. The zero-order valence-corrected chi connectivity index (χ0v) is 11.0. The lowest BCUT2D eigenvalue weighted by atomic mass is 10.1. The fourth-order valence-electron chi connectivity index (χ4n) is 1.48. The van der Waals surface area contributed by atoms with E-state index in [0.29, 0.717) is 19.3 Å². The number of ether oxygens (including phenoxy) is 2. The van der Waals surface area contributed by atoms with E-state index < -0.39 is 0 Å². The molecule has 0 aliphatic rings. The van der Waals surface area contributed by atoms with Gasteiger partial charge in [-0.1, -0.05) is 19.1 Å². The van der Waals surface area contributed by atoms with Gasteiger partial charge in [-0.3, -0.25) is 0 Å². The number of hydrogen-bond donors (Lipinski definition) is 1. The highest BCUT2D eigenvalue weighted by Gasteiger charge is 2.01. The lowest BCUT2D eigenvalue weighted by Gasteiger charge is -2.11. The third kappa shape index (κ3) is 5.20. The van der Waals surface area contributed by atoms with E-state index >= 15 is 0 Å². The van der Waals surface area contributed by atoms with E-state index in [2.05, 4.69) is 31.3 Å². The second kappa shape index (κ2) is 8.09. The van der Waals surface area contributed by atoms with E-state index in [0.717, 1.165) is 18.8 Å². The molecule has 1 rings (SSSR count). The van der Waals surface area contributed by atoms with Crippen molar-refractivity contribution < 1.29 is 9.47 Å². The van der Waals surface area contributed by atoms with E-state index in [1.54, 1.807) is 0 Å². The minimum atomic E-state index is 0.372. The van der Waals surface area contributed by atoms with Crippen LogP contribution in [0.15, 0.2) is 24.3 Å². The standard InChI is InChI=1S/C14H23NO2/c1-4-9-16-10-11-17-14-7-5-13(6-8-14)12(2)15-3/h5-8,12,15H,4,9-11H2,1-3H3. The van der Waals surface area contributed by atoms with Crippen LogP contribution in [0.25, 0.3) is 0 Å². The third-order valence-corrected chi connectivity index (χ3v) is 2.66. The van der Waals surface area contributed by atoms with Gasteiger partial charge in [-0.05, 0) is 38.1 Å². The number of benzene rings is 1. The summed E-state index contributed by atoms with van der Waals surface area (Å²) in [7, 11) is 1.96. The van der Waals surface area contributed by atoms with Crippen LogP contribution in [0.3, 0.4) is 0 Å². The van der Waals surface area contributed by atoms with E-state index in [1.165, 1.54) is 5.56 Å². The maximum absolute atomic E-state index is 5.58. The fraction of sp³-hybridized carbons (Fsp3) is 0.571. The average Bonchev–Trinajstić information content (AvgIpc) is 2.38. The number of nitrogens with one attached hydrogen (secondary N) is 1. The van der Waals surface area contributed by atoms with Crippen LogP contribution < -0.4 is 10.1 Å². The topological polar surface area (TPSA) is 30.5 Å². The van der Waals surface area contributed by atoms with E-state index in [-0.39, 0.29) is 0 Å². The molecule has 0 bridgehead atoms. The minimum absolute atomic E-state index is 0.372. The van der Waals surface area contributed by atoms with E-state index in [1.807, 2.05) is 19.2 Å². The monoisotopic (exact) mass is 237 g/mol. The fourth-order valence-corrected chi connectivity index (χ4v) is 1.48. The highest BCUT2D eigenvalue weighted by Crippen LogP contribution is 2.17. The van der Waals surface area contributed by atoms with Crippen LogP contribution in [-0.2, 0) is 4.74 Å². The van der Waals surface area contributed by atoms with Crippen molar-refractivity contribution in [1.29, 1.82) is 0 Å². The van der Waals surface area contributed by atoms with Crippen LogP contribution in [-0.4, -0.2) is 26.9 Å².